The van der Waals surface area contributed by atoms with E-state index in [1.807, 2.05) is 12.1 Å². The number of aromatic hydroxyl groups is 1. The molecular weight excluding hydrogens is 490 g/mol. The molecule has 0 aliphatic heterocycles. The van der Waals surface area contributed by atoms with Gasteiger partial charge in [-0.15, -0.1) is 0 Å². The fourth-order valence-electron chi connectivity index (χ4n) is 3.03. The molecule has 5 N–H and O–H groups in total. The Morgan fingerprint density at radius 2 is 1.91 bits per heavy atom. The van der Waals surface area contributed by atoms with Crippen LogP contribution in [0.5, 0.6) is 5.75 Å². The minimum absolute atomic E-state index is 0.0207. The number of hydrogen-bond donors (Lipinski definition) is 4. The van der Waals surface area contributed by atoms with Crippen LogP contribution < -0.4 is 16.4 Å². The highest BCUT2D eigenvalue weighted by Crippen LogP contribution is 2.22. The summed E-state index contributed by atoms with van der Waals surface area (Å²) in [4.78, 5) is 24.4. The van der Waals surface area contributed by atoms with E-state index in [1.165, 1.54) is 12.1 Å². The second-order valence-corrected chi connectivity index (χ2v) is 15.5. The van der Waals surface area contributed by atoms with E-state index in [1.54, 1.807) is 18.2 Å². The van der Waals surface area contributed by atoms with Crippen molar-refractivity contribution in [2.24, 2.45) is 5.73 Å². The van der Waals surface area contributed by atoms with Gasteiger partial charge in [-0.1, -0.05) is 53.8 Å². The third kappa shape index (κ3) is 7.82. The lowest BCUT2D eigenvalue weighted by molar-refractivity contribution is -0.128. The maximum atomic E-state index is 13.1. The lowest BCUT2D eigenvalue weighted by atomic mass is 9.89. The van der Waals surface area contributed by atoms with Gasteiger partial charge in [-0.05, 0) is 41.4 Å². The van der Waals surface area contributed by atoms with Crippen molar-refractivity contribution < 1.29 is 19.4 Å². The van der Waals surface area contributed by atoms with Gasteiger partial charge in [0.25, 0.3) is 0 Å². The van der Waals surface area contributed by atoms with Crippen LogP contribution in [0.3, 0.4) is 0 Å². The molecule has 32 heavy (non-hydrogen) atoms. The second kappa shape index (κ2) is 11.7. The van der Waals surface area contributed by atoms with Gasteiger partial charge in [0.1, 0.15) is 18.0 Å². The van der Waals surface area contributed by atoms with E-state index < -0.39 is 13.6 Å². The Labute approximate surface area is 198 Å². The van der Waals surface area contributed by atoms with Gasteiger partial charge >= 0.3 is 0 Å². The Kier molecular flexibility index (Phi) is 9.59. The number of rotatable bonds is 12. The van der Waals surface area contributed by atoms with E-state index in [0.29, 0.717) is 36.1 Å². The predicted molar refractivity (Wildman–Crippen MR) is 132 cm³/mol. The molecule has 0 aliphatic carbocycles. The van der Waals surface area contributed by atoms with Gasteiger partial charge in [0, 0.05) is 37.8 Å². The van der Waals surface area contributed by atoms with Gasteiger partial charge in [-0.2, -0.15) is 0 Å². The Morgan fingerprint density at radius 3 is 2.53 bits per heavy atom. The first-order valence-corrected chi connectivity index (χ1v) is 14.9. The van der Waals surface area contributed by atoms with Gasteiger partial charge in [-0.25, -0.2) is 0 Å². The Balaban J connectivity index is 2.07. The van der Waals surface area contributed by atoms with Crippen molar-refractivity contribution >= 4 is 36.2 Å². The van der Waals surface area contributed by atoms with Crippen LogP contribution in [-0.4, -0.2) is 45.3 Å². The number of benzene rings is 2. The number of carbonyl (C=O) groups is 2. The van der Waals surface area contributed by atoms with E-state index in [4.69, 9.17) is 10.5 Å². The number of amides is 1. The van der Waals surface area contributed by atoms with Crippen LogP contribution in [0.15, 0.2) is 46.9 Å². The second-order valence-electron chi connectivity index (χ2n) is 8.95. The molecule has 2 rings (SSSR count). The van der Waals surface area contributed by atoms with Gasteiger partial charge in [-0.3, -0.25) is 9.59 Å². The molecule has 1 unspecified atom stereocenters. The molecule has 0 heterocycles. The number of nitrogens with one attached hydrogen (secondary N) is 2. The molecule has 0 saturated heterocycles. The number of ether oxygens (including phenoxy) is 1. The monoisotopic (exact) mass is 521 g/mol. The summed E-state index contributed by atoms with van der Waals surface area (Å²) in [5.41, 5.74) is 6.99. The van der Waals surface area contributed by atoms with E-state index >= 15 is 0 Å². The third-order valence-corrected chi connectivity index (χ3v) is 7.30. The summed E-state index contributed by atoms with van der Waals surface area (Å²) in [6, 6.07) is 12.9. The highest BCUT2D eigenvalue weighted by molar-refractivity contribution is 9.10. The van der Waals surface area contributed by atoms with Crippen LogP contribution in [0.2, 0.25) is 25.7 Å². The zero-order valence-electron chi connectivity index (χ0n) is 18.8. The highest BCUT2D eigenvalue weighted by Gasteiger charge is 2.35. The van der Waals surface area contributed by atoms with Crippen molar-refractivity contribution in [3.05, 3.63) is 63.6 Å². The highest BCUT2D eigenvalue weighted by atomic mass is 79.9. The summed E-state index contributed by atoms with van der Waals surface area (Å²) >= 11 is 3.40. The molecule has 2 aromatic carbocycles. The number of nitrogens with two attached hydrogens (primary N) is 1. The molecule has 1 amide bonds. The largest absolute Gasteiger partial charge is 0.508 e. The first-order valence-electron chi connectivity index (χ1n) is 10.4. The van der Waals surface area contributed by atoms with Crippen LogP contribution in [0, 0.1) is 0 Å². The number of halogens is 1. The van der Waals surface area contributed by atoms with E-state index in [0.717, 1.165) is 10.5 Å². The summed E-state index contributed by atoms with van der Waals surface area (Å²) in [6.07, 6.45) is 0.686. The van der Waals surface area contributed by atoms with Gasteiger partial charge < -0.3 is 26.2 Å². The van der Waals surface area contributed by atoms with E-state index in [2.05, 4.69) is 46.2 Å². The molecule has 0 bridgehead atoms. The maximum absolute atomic E-state index is 13.1. The first-order chi connectivity index (χ1) is 15.0. The van der Waals surface area contributed by atoms with Crippen molar-refractivity contribution in [3.63, 3.8) is 0 Å². The molecule has 0 aliphatic rings. The molecule has 1 atom stereocenters. The molecule has 7 nitrogen and oxygen atoms in total. The molecule has 0 saturated carbocycles. The topological polar surface area (TPSA) is 114 Å². The fraction of sp³-hybridized carbons (Fsp3) is 0.391. The van der Waals surface area contributed by atoms with Gasteiger partial charge in [0.15, 0.2) is 6.29 Å². The number of carbonyl (C=O) groups excluding carboxylic acids is 2. The summed E-state index contributed by atoms with van der Waals surface area (Å²) < 4.78 is 6.48. The normalized spacial score (nSPS) is 13.4. The summed E-state index contributed by atoms with van der Waals surface area (Å²) in [5.74, 6) is -0.339. The summed E-state index contributed by atoms with van der Waals surface area (Å²) in [7, 11) is -1.21. The van der Waals surface area contributed by atoms with Crippen LogP contribution in [-0.2, 0) is 21.6 Å². The fourth-order valence-corrected chi connectivity index (χ4v) is 4.05. The van der Waals surface area contributed by atoms with Crippen molar-refractivity contribution in [2.75, 3.05) is 19.9 Å². The average molecular weight is 523 g/mol. The number of phenols is 1. The van der Waals surface area contributed by atoms with Crippen molar-refractivity contribution in [2.45, 2.75) is 37.8 Å². The standard InChI is InChI=1S/C23H32BrN3O4Si/c1-32(2,3)11-10-31-16-27-22(30)23(25,19-5-7-20(24)8-6-19)15-26-13-17-4-9-21(29)12-18(17)14-28/h4-9,12,14,26,29H,10-11,13,15-16,25H2,1-3H3,(H,27,30). The quantitative estimate of drug-likeness (QED) is 0.147. The Hall–Kier alpha value is -2.04. The molecule has 0 spiro atoms. The minimum Gasteiger partial charge on any atom is -0.508 e. The van der Waals surface area contributed by atoms with E-state index in [9.17, 15) is 14.7 Å². The van der Waals surface area contributed by atoms with Gasteiger partial charge in [0.2, 0.25) is 5.91 Å². The smallest absolute Gasteiger partial charge is 0.247 e. The zero-order valence-corrected chi connectivity index (χ0v) is 21.4. The number of aldehydes is 1. The lowest BCUT2D eigenvalue weighted by Crippen LogP contribution is -2.57. The van der Waals surface area contributed by atoms with Gasteiger partial charge in [0.05, 0.1) is 0 Å². The first kappa shape index (κ1) is 26.2. The van der Waals surface area contributed by atoms with Crippen LogP contribution >= 0.6 is 15.9 Å². The Bertz CT molecular complexity index is 918. The zero-order chi connectivity index (χ0) is 23.8. The molecular formula is C23H32BrN3O4Si. The number of hydrogen-bond acceptors (Lipinski definition) is 6. The molecule has 0 aromatic heterocycles. The van der Waals surface area contributed by atoms with E-state index in [-0.39, 0.29) is 24.9 Å². The van der Waals surface area contributed by atoms with Crippen LogP contribution in [0.4, 0.5) is 0 Å². The molecule has 2 aromatic rings. The van der Waals surface area contributed by atoms with Crippen molar-refractivity contribution in [1.29, 1.82) is 0 Å². The van der Waals surface area contributed by atoms with Crippen LogP contribution in [0.1, 0.15) is 21.5 Å². The Morgan fingerprint density at radius 1 is 1.22 bits per heavy atom. The van der Waals surface area contributed by atoms with Crippen molar-refractivity contribution in [1.82, 2.24) is 10.6 Å². The third-order valence-electron chi connectivity index (χ3n) is 5.07. The van der Waals surface area contributed by atoms with Crippen LogP contribution in [0.25, 0.3) is 0 Å². The molecule has 9 heteroatoms. The maximum Gasteiger partial charge on any atom is 0.247 e. The molecule has 0 radical (unpaired) electrons. The summed E-state index contributed by atoms with van der Waals surface area (Å²) in [6.45, 7) is 7.93. The number of phenolic OH excluding ortho intramolecular Hbond substituents is 1. The van der Waals surface area contributed by atoms with Crippen molar-refractivity contribution in [3.8, 4) is 5.75 Å². The summed E-state index contributed by atoms with van der Waals surface area (Å²) in [5, 5.41) is 15.5. The lowest BCUT2D eigenvalue weighted by Gasteiger charge is -2.29. The SMILES string of the molecule is C[Si](C)(C)CCOCNC(=O)C(N)(CNCc1ccc(O)cc1C=O)c1ccc(Br)cc1. The predicted octanol–water partition coefficient (Wildman–Crippen LogP) is 3.34. The molecule has 0 fully saturated rings. The average Bonchev–Trinajstić information content (AvgIpc) is 2.73. The minimum atomic E-state index is -1.35. The molecule has 174 valence electrons.